The first kappa shape index (κ1) is 20.0. The summed E-state index contributed by atoms with van der Waals surface area (Å²) in [6.45, 7) is 2.21. The van der Waals surface area contributed by atoms with Gasteiger partial charge in [-0.2, -0.15) is 5.26 Å². The molecule has 5 rings (SSSR count). The van der Waals surface area contributed by atoms with Crippen LogP contribution in [0.1, 0.15) is 30.0 Å². The Labute approximate surface area is 188 Å². The van der Waals surface area contributed by atoms with Crippen molar-refractivity contribution in [1.82, 2.24) is 0 Å². The Kier molecular flexibility index (Phi) is 4.99. The molecule has 0 saturated heterocycles. The first-order valence-electron chi connectivity index (χ1n) is 10.6. The number of allylic oxidation sites excluding steroid dienone is 1. The van der Waals surface area contributed by atoms with Crippen molar-refractivity contribution in [2.75, 3.05) is 19.1 Å². The van der Waals surface area contributed by atoms with Crippen molar-refractivity contribution in [3.8, 4) is 23.3 Å². The van der Waals surface area contributed by atoms with Gasteiger partial charge in [0.25, 0.3) is 0 Å². The minimum Gasteiger partial charge on any atom is -0.497 e. The number of hydrogen-bond donors (Lipinski definition) is 0. The lowest BCUT2D eigenvalue weighted by atomic mass is 9.73. The molecule has 0 radical (unpaired) electrons. The quantitative estimate of drug-likeness (QED) is 0.529. The van der Waals surface area contributed by atoms with E-state index in [-0.39, 0.29) is 17.9 Å². The fraction of sp³-hybridized carbons (Fsp3) is 0.222. The SMILES string of the molecule is COc1ccc([C@@H]2[C@@H](C)[C@H](c3ccc(OC)cc3)C(C#N)=C3Oc4ccccc4N32)cc1. The molecular weight excluding hydrogens is 400 g/mol. The number of benzene rings is 3. The molecule has 2 aliphatic heterocycles. The lowest BCUT2D eigenvalue weighted by Crippen LogP contribution is -2.39. The molecule has 2 aliphatic rings. The standard InChI is InChI=1S/C27H24N2O3/c1-17-25(18-8-12-20(30-2)13-9-18)22(16-28)27-29(23-6-4-5-7-24(23)32-27)26(17)19-10-14-21(31-3)15-11-19/h4-15,17,25-26H,1-3H3/t17-,25+,26-/m0/s1. The minimum absolute atomic E-state index is 0.0104. The zero-order chi connectivity index (χ0) is 22.2. The van der Waals surface area contributed by atoms with Crippen LogP contribution in [0.25, 0.3) is 0 Å². The molecule has 0 bridgehead atoms. The fourth-order valence-corrected chi connectivity index (χ4v) is 4.93. The van der Waals surface area contributed by atoms with Crippen LogP contribution in [-0.2, 0) is 0 Å². The third-order valence-corrected chi connectivity index (χ3v) is 6.45. The number of nitriles is 1. The van der Waals surface area contributed by atoms with Gasteiger partial charge in [0.2, 0.25) is 5.88 Å². The van der Waals surface area contributed by atoms with Gasteiger partial charge in [-0.15, -0.1) is 0 Å². The average Bonchev–Trinajstić information content (AvgIpc) is 3.22. The molecule has 3 atom stereocenters. The molecule has 3 aromatic carbocycles. The van der Waals surface area contributed by atoms with Crippen LogP contribution >= 0.6 is 0 Å². The maximum atomic E-state index is 10.2. The summed E-state index contributed by atoms with van der Waals surface area (Å²) in [4.78, 5) is 2.18. The molecule has 5 nitrogen and oxygen atoms in total. The topological polar surface area (TPSA) is 54.7 Å². The molecule has 0 N–H and O–H groups in total. The Hall–Kier alpha value is -3.91. The van der Waals surface area contributed by atoms with Crippen molar-refractivity contribution in [3.05, 3.63) is 95.4 Å². The van der Waals surface area contributed by atoms with Crippen LogP contribution in [0.5, 0.6) is 17.2 Å². The third kappa shape index (κ3) is 3.07. The molecule has 32 heavy (non-hydrogen) atoms. The molecule has 0 unspecified atom stereocenters. The maximum Gasteiger partial charge on any atom is 0.215 e. The summed E-state index contributed by atoms with van der Waals surface area (Å²) in [5, 5.41) is 10.2. The molecule has 0 amide bonds. The second-order valence-corrected chi connectivity index (χ2v) is 8.10. The predicted octanol–water partition coefficient (Wildman–Crippen LogP) is 5.81. The second kappa shape index (κ2) is 7.97. The van der Waals surface area contributed by atoms with Crippen LogP contribution in [-0.4, -0.2) is 14.2 Å². The Balaban J connectivity index is 1.70. The van der Waals surface area contributed by atoms with Gasteiger partial charge in [-0.25, -0.2) is 0 Å². The van der Waals surface area contributed by atoms with E-state index in [1.807, 2.05) is 60.7 Å². The summed E-state index contributed by atoms with van der Waals surface area (Å²) in [6, 6.07) is 26.6. The number of anilines is 1. The van der Waals surface area contributed by atoms with Crippen molar-refractivity contribution in [2.45, 2.75) is 18.9 Å². The first-order valence-corrected chi connectivity index (χ1v) is 10.6. The minimum atomic E-state index is -0.112. The maximum absolute atomic E-state index is 10.2. The summed E-state index contributed by atoms with van der Waals surface area (Å²) >= 11 is 0. The molecule has 0 saturated carbocycles. The van der Waals surface area contributed by atoms with Gasteiger partial charge in [-0.3, -0.25) is 0 Å². The number of hydrogen-bond acceptors (Lipinski definition) is 5. The smallest absolute Gasteiger partial charge is 0.215 e. The highest BCUT2D eigenvalue weighted by Crippen LogP contribution is 2.55. The van der Waals surface area contributed by atoms with Crippen LogP contribution in [0.3, 0.4) is 0 Å². The first-order chi connectivity index (χ1) is 15.7. The summed E-state index contributed by atoms with van der Waals surface area (Å²) < 4.78 is 17.0. The van der Waals surface area contributed by atoms with Crippen molar-refractivity contribution < 1.29 is 14.2 Å². The number of rotatable bonds is 4. The van der Waals surface area contributed by atoms with Gasteiger partial charge in [-0.1, -0.05) is 43.3 Å². The van der Waals surface area contributed by atoms with Gasteiger partial charge in [-0.05, 0) is 53.4 Å². The van der Waals surface area contributed by atoms with Crippen molar-refractivity contribution >= 4 is 5.69 Å². The van der Waals surface area contributed by atoms with Crippen molar-refractivity contribution in [3.63, 3.8) is 0 Å². The van der Waals surface area contributed by atoms with Gasteiger partial charge in [0.1, 0.15) is 17.6 Å². The lowest BCUT2D eigenvalue weighted by molar-refractivity contribution is 0.328. The molecule has 0 aromatic heterocycles. The van der Waals surface area contributed by atoms with E-state index in [4.69, 9.17) is 14.2 Å². The van der Waals surface area contributed by atoms with E-state index in [1.54, 1.807) is 14.2 Å². The van der Waals surface area contributed by atoms with Crippen LogP contribution in [0, 0.1) is 17.2 Å². The van der Waals surface area contributed by atoms with Gasteiger partial charge < -0.3 is 19.1 Å². The van der Waals surface area contributed by atoms with E-state index in [0.29, 0.717) is 11.5 Å². The van der Waals surface area contributed by atoms with Gasteiger partial charge in [0.15, 0.2) is 5.75 Å². The zero-order valence-corrected chi connectivity index (χ0v) is 18.3. The van der Waals surface area contributed by atoms with Crippen LogP contribution < -0.4 is 19.1 Å². The van der Waals surface area contributed by atoms with Crippen LogP contribution in [0.15, 0.2) is 84.3 Å². The number of fused-ring (bicyclic) bond motifs is 3. The molecule has 3 aromatic rings. The van der Waals surface area contributed by atoms with Gasteiger partial charge in [0.05, 0.1) is 31.5 Å². The highest BCUT2D eigenvalue weighted by molar-refractivity contribution is 5.71. The molecule has 0 fully saturated rings. The molecule has 0 spiro atoms. The summed E-state index contributed by atoms with van der Waals surface area (Å²) in [5.74, 6) is 2.99. The lowest BCUT2D eigenvalue weighted by Gasteiger charge is -2.42. The average molecular weight is 425 g/mol. The number of para-hydroxylation sites is 2. The van der Waals surface area contributed by atoms with E-state index < -0.39 is 0 Å². The van der Waals surface area contributed by atoms with Crippen molar-refractivity contribution in [2.24, 2.45) is 5.92 Å². The Bertz CT molecular complexity index is 1210. The Morgan fingerprint density at radius 1 is 0.844 bits per heavy atom. The van der Waals surface area contributed by atoms with Crippen LogP contribution in [0.2, 0.25) is 0 Å². The molecule has 0 aliphatic carbocycles. The van der Waals surface area contributed by atoms with Crippen molar-refractivity contribution in [1.29, 1.82) is 5.26 Å². The zero-order valence-electron chi connectivity index (χ0n) is 18.3. The van der Waals surface area contributed by atoms with E-state index >= 15 is 0 Å². The molecule has 2 heterocycles. The molecule has 160 valence electrons. The Morgan fingerprint density at radius 2 is 1.44 bits per heavy atom. The van der Waals surface area contributed by atoms with E-state index in [1.165, 1.54) is 0 Å². The summed E-state index contributed by atoms with van der Waals surface area (Å²) in [7, 11) is 3.32. The van der Waals surface area contributed by atoms with E-state index in [2.05, 4.69) is 30.0 Å². The number of methoxy groups -OCH3 is 2. The van der Waals surface area contributed by atoms with Crippen LogP contribution in [0.4, 0.5) is 5.69 Å². The highest BCUT2D eigenvalue weighted by atomic mass is 16.5. The third-order valence-electron chi connectivity index (χ3n) is 6.45. The van der Waals surface area contributed by atoms with E-state index in [0.717, 1.165) is 34.1 Å². The predicted molar refractivity (Wildman–Crippen MR) is 123 cm³/mol. The molecule has 5 heteroatoms. The second-order valence-electron chi connectivity index (χ2n) is 8.10. The van der Waals surface area contributed by atoms with Gasteiger partial charge >= 0.3 is 0 Å². The van der Waals surface area contributed by atoms with Gasteiger partial charge in [0, 0.05) is 5.92 Å². The number of nitrogens with zero attached hydrogens (tertiary/aromatic N) is 2. The monoisotopic (exact) mass is 424 g/mol. The highest BCUT2D eigenvalue weighted by Gasteiger charge is 2.47. The normalized spacial score (nSPS) is 21.3. The fourth-order valence-electron chi connectivity index (χ4n) is 4.93. The summed E-state index contributed by atoms with van der Waals surface area (Å²) in [5.41, 5.74) is 3.84. The largest absolute Gasteiger partial charge is 0.497 e. The number of ether oxygens (including phenoxy) is 3. The van der Waals surface area contributed by atoms with E-state index in [9.17, 15) is 5.26 Å². The Morgan fingerprint density at radius 3 is 2.03 bits per heavy atom. The molecular formula is C27H24N2O3. The summed E-state index contributed by atoms with van der Waals surface area (Å²) in [6.07, 6.45) is 0.